The predicted octanol–water partition coefficient (Wildman–Crippen LogP) is 3.73. The van der Waals surface area contributed by atoms with Crippen LogP contribution >= 0.6 is 22.9 Å². The number of rotatable bonds is 4. The van der Waals surface area contributed by atoms with Gasteiger partial charge in [0.15, 0.2) is 0 Å². The largest absolute Gasteiger partial charge is 0.371 e. The van der Waals surface area contributed by atoms with Crippen LogP contribution in [0.3, 0.4) is 0 Å². The molecule has 1 aromatic carbocycles. The number of hydrogen-bond acceptors (Lipinski definition) is 4. The molecule has 4 nitrogen and oxygen atoms in total. The third-order valence-electron chi connectivity index (χ3n) is 3.85. The third kappa shape index (κ3) is 3.61. The smallest absolute Gasteiger partial charge is 0.252 e. The molecule has 0 amide bonds. The highest BCUT2D eigenvalue weighted by atomic mass is 35.5. The zero-order valence-electron chi connectivity index (χ0n) is 12.7. The SMILES string of the molecule is CCc1ccc(S(=O)(=O)N2CCOC(c3ccc(Cl)cc3)C2)s1. The Kier molecular flexibility index (Phi) is 5.08. The maximum absolute atomic E-state index is 12.8. The molecule has 0 N–H and O–H groups in total. The molecule has 124 valence electrons. The summed E-state index contributed by atoms with van der Waals surface area (Å²) in [6, 6.07) is 10.9. The summed E-state index contributed by atoms with van der Waals surface area (Å²) in [4.78, 5) is 1.08. The van der Waals surface area contributed by atoms with E-state index in [0.29, 0.717) is 28.9 Å². The van der Waals surface area contributed by atoms with Gasteiger partial charge in [-0.05, 0) is 36.2 Å². The maximum atomic E-state index is 12.8. The summed E-state index contributed by atoms with van der Waals surface area (Å²) in [7, 11) is -3.45. The highest BCUT2D eigenvalue weighted by Crippen LogP contribution is 2.30. The maximum Gasteiger partial charge on any atom is 0.252 e. The molecule has 1 saturated heterocycles. The number of nitrogens with zero attached hydrogens (tertiary/aromatic N) is 1. The van der Waals surface area contributed by atoms with Gasteiger partial charge in [-0.3, -0.25) is 0 Å². The van der Waals surface area contributed by atoms with Crippen molar-refractivity contribution in [1.82, 2.24) is 4.31 Å². The minimum Gasteiger partial charge on any atom is -0.371 e. The zero-order chi connectivity index (χ0) is 16.4. The minimum absolute atomic E-state index is 0.263. The first-order chi connectivity index (χ1) is 11.0. The molecule has 3 rings (SSSR count). The molecule has 2 aromatic rings. The molecule has 1 atom stereocenters. The molecular formula is C16H18ClNO3S2. The van der Waals surface area contributed by atoms with Crippen LogP contribution < -0.4 is 0 Å². The molecule has 1 aliphatic heterocycles. The lowest BCUT2D eigenvalue weighted by atomic mass is 10.1. The van der Waals surface area contributed by atoms with Gasteiger partial charge >= 0.3 is 0 Å². The Labute approximate surface area is 145 Å². The van der Waals surface area contributed by atoms with Crippen molar-refractivity contribution in [2.75, 3.05) is 19.7 Å². The number of morpholine rings is 1. The molecule has 0 spiro atoms. The lowest BCUT2D eigenvalue weighted by Crippen LogP contribution is -2.41. The molecule has 2 heterocycles. The van der Waals surface area contributed by atoms with Gasteiger partial charge in [0.05, 0.1) is 12.7 Å². The zero-order valence-corrected chi connectivity index (χ0v) is 15.1. The van der Waals surface area contributed by atoms with E-state index in [1.807, 2.05) is 25.1 Å². The second-order valence-electron chi connectivity index (χ2n) is 5.35. The number of thiophene rings is 1. The summed E-state index contributed by atoms with van der Waals surface area (Å²) >= 11 is 7.25. The van der Waals surface area contributed by atoms with Crippen LogP contribution in [0.2, 0.25) is 5.02 Å². The molecule has 0 aliphatic carbocycles. The van der Waals surface area contributed by atoms with Gasteiger partial charge in [-0.1, -0.05) is 30.7 Å². The summed E-state index contributed by atoms with van der Waals surface area (Å²) < 4.78 is 33.3. The quantitative estimate of drug-likeness (QED) is 0.822. The molecule has 1 aliphatic rings. The topological polar surface area (TPSA) is 46.6 Å². The Morgan fingerprint density at radius 1 is 1.26 bits per heavy atom. The van der Waals surface area contributed by atoms with Crippen LogP contribution in [0.4, 0.5) is 0 Å². The average molecular weight is 372 g/mol. The van der Waals surface area contributed by atoms with Crippen molar-refractivity contribution in [3.05, 3.63) is 51.9 Å². The highest BCUT2D eigenvalue weighted by molar-refractivity contribution is 7.91. The van der Waals surface area contributed by atoms with Crippen LogP contribution in [0.5, 0.6) is 0 Å². The molecule has 23 heavy (non-hydrogen) atoms. The summed E-state index contributed by atoms with van der Waals surface area (Å²) in [6.07, 6.45) is 0.581. The fourth-order valence-electron chi connectivity index (χ4n) is 2.54. The van der Waals surface area contributed by atoms with Crippen LogP contribution in [-0.2, 0) is 21.2 Å². The van der Waals surface area contributed by atoms with E-state index in [2.05, 4.69) is 0 Å². The lowest BCUT2D eigenvalue weighted by molar-refractivity contribution is -0.00249. The first-order valence-electron chi connectivity index (χ1n) is 7.46. The lowest BCUT2D eigenvalue weighted by Gasteiger charge is -2.32. The van der Waals surface area contributed by atoms with Crippen molar-refractivity contribution in [3.8, 4) is 0 Å². The first-order valence-corrected chi connectivity index (χ1v) is 10.1. The summed E-state index contributed by atoms with van der Waals surface area (Å²) in [6.45, 7) is 3.11. The third-order valence-corrected chi connectivity index (χ3v) is 7.66. The van der Waals surface area contributed by atoms with Crippen molar-refractivity contribution in [2.24, 2.45) is 0 Å². The Morgan fingerprint density at radius 3 is 2.65 bits per heavy atom. The molecule has 1 aromatic heterocycles. The van der Waals surface area contributed by atoms with Gasteiger partial charge in [-0.25, -0.2) is 8.42 Å². The van der Waals surface area contributed by atoms with E-state index in [-0.39, 0.29) is 6.10 Å². The molecular weight excluding hydrogens is 354 g/mol. The van der Waals surface area contributed by atoms with Gasteiger partial charge in [0.1, 0.15) is 4.21 Å². The standard InChI is InChI=1S/C16H18ClNO3S2/c1-2-14-7-8-16(22-14)23(19,20)18-9-10-21-15(11-18)12-3-5-13(17)6-4-12/h3-8,15H,2,9-11H2,1H3. The van der Waals surface area contributed by atoms with E-state index >= 15 is 0 Å². The number of ether oxygens (including phenoxy) is 1. The monoisotopic (exact) mass is 371 g/mol. The van der Waals surface area contributed by atoms with Crippen molar-refractivity contribution in [1.29, 1.82) is 0 Å². The Morgan fingerprint density at radius 2 is 2.00 bits per heavy atom. The molecule has 1 unspecified atom stereocenters. The van der Waals surface area contributed by atoms with Crippen LogP contribution in [0.1, 0.15) is 23.5 Å². The van der Waals surface area contributed by atoms with Gasteiger partial charge in [0, 0.05) is 23.0 Å². The van der Waals surface area contributed by atoms with Gasteiger partial charge in [-0.2, -0.15) is 4.31 Å². The second-order valence-corrected chi connectivity index (χ2v) is 9.12. The van der Waals surface area contributed by atoms with E-state index in [1.54, 1.807) is 18.2 Å². The Balaban J connectivity index is 1.81. The first kappa shape index (κ1) is 16.9. The number of benzene rings is 1. The summed E-state index contributed by atoms with van der Waals surface area (Å²) in [5, 5.41) is 0.653. The molecule has 1 fully saturated rings. The van der Waals surface area contributed by atoms with E-state index in [4.69, 9.17) is 16.3 Å². The van der Waals surface area contributed by atoms with E-state index in [9.17, 15) is 8.42 Å². The van der Waals surface area contributed by atoms with Crippen molar-refractivity contribution < 1.29 is 13.2 Å². The predicted molar refractivity (Wildman–Crippen MR) is 92.6 cm³/mol. The molecule has 0 saturated carbocycles. The number of hydrogen-bond donors (Lipinski definition) is 0. The summed E-state index contributed by atoms with van der Waals surface area (Å²) in [5.74, 6) is 0. The molecule has 0 bridgehead atoms. The van der Waals surface area contributed by atoms with Crippen LogP contribution in [0, 0.1) is 0 Å². The highest BCUT2D eigenvalue weighted by Gasteiger charge is 2.32. The number of aryl methyl sites for hydroxylation is 1. The number of sulfonamides is 1. The van der Waals surface area contributed by atoms with E-state index in [1.165, 1.54) is 15.6 Å². The van der Waals surface area contributed by atoms with E-state index in [0.717, 1.165) is 16.9 Å². The van der Waals surface area contributed by atoms with Gasteiger partial charge in [0.25, 0.3) is 10.0 Å². The van der Waals surface area contributed by atoms with Crippen LogP contribution in [0.15, 0.2) is 40.6 Å². The van der Waals surface area contributed by atoms with Crippen molar-refractivity contribution in [3.63, 3.8) is 0 Å². The molecule has 0 radical (unpaired) electrons. The number of halogens is 1. The Hall–Kier alpha value is -0.920. The van der Waals surface area contributed by atoms with Gasteiger partial charge in [-0.15, -0.1) is 11.3 Å². The van der Waals surface area contributed by atoms with Crippen LogP contribution in [0.25, 0.3) is 0 Å². The van der Waals surface area contributed by atoms with Gasteiger partial charge < -0.3 is 4.74 Å². The minimum atomic E-state index is -3.45. The fraction of sp³-hybridized carbons (Fsp3) is 0.375. The van der Waals surface area contributed by atoms with Gasteiger partial charge in [0.2, 0.25) is 0 Å². The average Bonchev–Trinajstić information content (AvgIpc) is 3.05. The van der Waals surface area contributed by atoms with Crippen molar-refractivity contribution in [2.45, 2.75) is 23.7 Å². The molecule has 7 heteroatoms. The van der Waals surface area contributed by atoms with E-state index < -0.39 is 10.0 Å². The summed E-state index contributed by atoms with van der Waals surface area (Å²) in [5.41, 5.74) is 0.940. The fourth-order valence-corrected chi connectivity index (χ4v) is 5.54. The Bertz CT molecular complexity index is 771. The van der Waals surface area contributed by atoms with Crippen LogP contribution in [-0.4, -0.2) is 32.4 Å². The second kappa shape index (κ2) is 6.91. The normalized spacial score (nSPS) is 19.8. The van der Waals surface area contributed by atoms with Crippen molar-refractivity contribution >= 4 is 33.0 Å².